The number of thiophene rings is 1. The average molecular weight is 469 g/mol. The first-order chi connectivity index (χ1) is 15.3. The molecule has 0 aromatic carbocycles. The lowest BCUT2D eigenvalue weighted by Gasteiger charge is -2.32. The summed E-state index contributed by atoms with van der Waals surface area (Å²) in [6.45, 7) is 1.77. The number of anilines is 2. The van der Waals surface area contributed by atoms with Crippen LogP contribution in [-0.2, 0) is 10.9 Å². The molecule has 1 saturated heterocycles. The standard InChI is InChI=1S/C19H23F3N8OS/c1-29(2)13(12-3-6-32-11-12)7-24-15-8-23-9-16(25-15)30-4-5-31-14(10-30)17-26-18(28-27-17)19(20,21)22/h3,6,8-9,11,13-14H,4-5,7,10H2,1-2H3,(H,24,25)(H,26,27,28). The number of aromatic amines is 1. The second-order valence-electron chi connectivity index (χ2n) is 7.53. The molecule has 4 rings (SSSR count). The summed E-state index contributed by atoms with van der Waals surface area (Å²) < 4.78 is 44.0. The molecule has 32 heavy (non-hydrogen) atoms. The highest BCUT2D eigenvalue weighted by atomic mass is 32.1. The third-order valence-corrected chi connectivity index (χ3v) is 5.80. The third-order valence-electron chi connectivity index (χ3n) is 5.10. The van der Waals surface area contributed by atoms with Gasteiger partial charge in [-0.2, -0.15) is 24.5 Å². The van der Waals surface area contributed by atoms with E-state index < -0.39 is 18.1 Å². The molecule has 3 aromatic heterocycles. The van der Waals surface area contributed by atoms with Gasteiger partial charge in [0.05, 0.1) is 31.6 Å². The molecule has 0 radical (unpaired) electrons. The summed E-state index contributed by atoms with van der Waals surface area (Å²) in [5.41, 5.74) is 1.22. The maximum atomic E-state index is 12.8. The van der Waals surface area contributed by atoms with Crippen molar-refractivity contribution in [3.8, 4) is 0 Å². The van der Waals surface area contributed by atoms with Gasteiger partial charge in [-0.05, 0) is 36.5 Å². The summed E-state index contributed by atoms with van der Waals surface area (Å²) >= 11 is 1.65. The first kappa shape index (κ1) is 22.4. The zero-order valence-electron chi connectivity index (χ0n) is 17.5. The molecular weight excluding hydrogens is 445 g/mol. The number of hydrogen-bond acceptors (Lipinski definition) is 9. The lowest BCUT2D eigenvalue weighted by Crippen LogP contribution is -2.39. The van der Waals surface area contributed by atoms with Crippen LogP contribution in [0.15, 0.2) is 29.2 Å². The fourth-order valence-electron chi connectivity index (χ4n) is 3.43. The lowest BCUT2D eigenvalue weighted by molar-refractivity contribution is -0.144. The van der Waals surface area contributed by atoms with Gasteiger partial charge in [-0.25, -0.2) is 9.97 Å². The number of nitrogens with zero attached hydrogens (tertiary/aromatic N) is 6. The molecule has 0 aliphatic carbocycles. The average Bonchev–Trinajstić information content (AvgIpc) is 3.46. The van der Waals surface area contributed by atoms with Crippen molar-refractivity contribution in [3.05, 3.63) is 46.4 Å². The Morgan fingerprint density at radius 1 is 1.34 bits per heavy atom. The Morgan fingerprint density at radius 2 is 2.19 bits per heavy atom. The summed E-state index contributed by atoms with van der Waals surface area (Å²) in [5, 5.41) is 13.1. The molecule has 9 nitrogen and oxygen atoms in total. The maximum absolute atomic E-state index is 12.8. The predicted molar refractivity (Wildman–Crippen MR) is 114 cm³/mol. The number of morpholine rings is 1. The Hall–Kier alpha value is -2.77. The summed E-state index contributed by atoms with van der Waals surface area (Å²) in [6.07, 6.45) is -2.02. The number of H-pyrrole nitrogens is 1. The number of ether oxygens (including phenoxy) is 1. The molecule has 0 saturated carbocycles. The molecule has 1 fully saturated rings. The van der Waals surface area contributed by atoms with Crippen molar-refractivity contribution in [2.45, 2.75) is 18.3 Å². The van der Waals surface area contributed by atoms with Crippen molar-refractivity contribution in [2.24, 2.45) is 0 Å². The molecule has 2 atom stereocenters. The summed E-state index contributed by atoms with van der Waals surface area (Å²) in [7, 11) is 4.04. The smallest absolute Gasteiger partial charge is 0.367 e. The number of rotatable bonds is 7. The van der Waals surface area contributed by atoms with Crippen LogP contribution in [0.25, 0.3) is 0 Å². The molecule has 2 unspecified atom stereocenters. The highest BCUT2D eigenvalue weighted by molar-refractivity contribution is 7.07. The molecule has 1 aliphatic heterocycles. The Labute approximate surface area is 186 Å². The van der Waals surface area contributed by atoms with Gasteiger partial charge in [0.15, 0.2) is 5.82 Å². The van der Waals surface area contributed by atoms with E-state index in [0.717, 1.165) is 0 Å². The topological polar surface area (TPSA) is 95.1 Å². The van der Waals surface area contributed by atoms with Crippen LogP contribution in [0.5, 0.6) is 0 Å². The van der Waals surface area contributed by atoms with Crippen LogP contribution in [0.3, 0.4) is 0 Å². The van der Waals surface area contributed by atoms with Gasteiger partial charge in [0.25, 0.3) is 5.82 Å². The van der Waals surface area contributed by atoms with Crippen LogP contribution in [0, 0.1) is 0 Å². The quantitative estimate of drug-likeness (QED) is 0.547. The van der Waals surface area contributed by atoms with E-state index in [9.17, 15) is 13.2 Å². The van der Waals surface area contributed by atoms with Crippen LogP contribution < -0.4 is 10.2 Å². The van der Waals surface area contributed by atoms with Crippen molar-refractivity contribution >= 4 is 23.0 Å². The Balaban J connectivity index is 1.43. The minimum atomic E-state index is -4.61. The van der Waals surface area contributed by atoms with Crippen molar-refractivity contribution in [1.82, 2.24) is 30.0 Å². The first-order valence-corrected chi connectivity index (χ1v) is 10.9. The normalized spacial score (nSPS) is 18.2. The molecule has 3 aromatic rings. The number of nitrogens with one attached hydrogen (secondary N) is 2. The first-order valence-electron chi connectivity index (χ1n) is 9.91. The third kappa shape index (κ3) is 5.16. The fraction of sp³-hybridized carbons (Fsp3) is 0.474. The SMILES string of the molecule is CN(C)C(CNc1cncc(N2CCOC(c3nc(C(F)(F)F)n[nH]3)C2)n1)c1ccsc1. The van der Waals surface area contributed by atoms with Crippen LogP contribution in [-0.4, -0.2) is 70.4 Å². The summed E-state index contributed by atoms with van der Waals surface area (Å²) in [4.78, 5) is 16.5. The lowest BCUT2D eigenvalue weighted by atomic mass is 10.1. The van der Waals surface area contributed by atoms with Crippen LogP contribution in [0.4, 0.5) is 24.8 Å². The fourth-order valence-corrected chi connectivity index (χ4v) is 4.13. The molecular formula is C19H23F3N8OS. The zero-order valence-corrected chi connectivity index (χ0v) is 18.3. The molecule has 1 aliphatic rings. The highest BCUT2D eigenvalue weighted by Gasteiger charge is 2.37. The van der Waals surface area contributed by atoms with E-state index in [2.05, 4.69) is 46.8 Å². The monoisotopic (exact) mass is 468 g/mol. The van der Waals surface area contributed by atoms with E-state index in [1.165, 1.54) is 5.56 Å². The van der Waals surface area contributed by atoms with Crippen LogP contribution in [0.2, 0.25) is 0 Å². The Bertz CT molecular complexity index is 1010. The highest BCUT2D eigenvalue weighted by Crippen LogP contribution is 2.29. The van der Waals surface area contributed by atoms with Crippen molar-refractivity contribution in [3.63, 3.8) is 0 Å². The van der Waals surface area contributed by atoms with E-state index in [1.54, 1.807) is 23.7 Å². The second-order valence-corrected chi connectivity index (χ2v) is 8.31. The van der Waals surface area contributed by atoms with Crippen molar-refractivity contribution in [2.75, 3.05) is 50.6 Å². The van der Waals surface area contributed by atoms with Gasteiger partial charge >= 0.3 is 6.18 Å². The molecule has 2 N–H and O–H groups in total. The van der Waals surface area contributed by atoms with Gasteiger partial charge in [-0.1, -0.05) is 0 Å². The van der Waals surface area contributed by atoms with E-state index in [-0.39, 0.29) is 18.4 Å². The van der Waals surface area contributed by atoms with Crippen LogP contribution in [0.1, 0.15) is 29.4 Å². The van der Waals surface area contributed by atoms with Crippen LogP contribution >= 0.6 is 11.3 Å². The number of aromatic nitrogens is 5. The summed E-state index contributed by atoms with van der Waals surface area (Å²) in [5.74, 6) is 0.0524. The molecule has 13 heteroatoms. The predicted octanol–water partition coefficient (Wildman–Crippen LogP) is 2.97. The second kappa shape index (κ2) is 9.38. The van der Waals surface area contributed by atoms with Gasteiger partial charge in [-0.3, -0.25) is 10.1 Å². The zero-order chi connectivity index (χ0) is 22.7. The maximum Gasteiger partial charge on any atom is 0.453 e. The number of alkyl halides is 3. The Morgan fingerprint density at radius 3 is 2.88 bits per heavy atom. The Kier molecular flexibility index (Phi) is 6.58. The van der Waals surface area contributed by atoms with Gasteiger partial charge in [0, 0.05) is 13.1 Å². The van der Waals surface area contributed by atoms with Crippen molar-refractivity contribution < 1.29 is 17.9 Å². The molecule has 0 bridgehead atoms. The summed E-state index contributed by atoms with van der Waals surface area (Å²) in [6, 6.07) is 2.27. The van der Waals surface area contributed by atoms with E-state index in [4.69, 9.17) is 4.74 Å². The molecule has 4 heterocycles. The number of halogens is 3. The number of hydrogen-bond donors (Lipinski definition) is 2. The molecule has 0 amide bonds. The van der Waals surface area contributed by atoms with Gasteiger partial charge in [0.2, 0.25) is 0 Å². The largest absolute Gasteiger partial charge is 0.453 e. The van der Waals surface area contributed by atoms with Gasteiger partial charge in [0.1, 0.15) is 17.7 Å². The van der Waals surface area contributed by atoms with E-state index >= 15 is 0 Å². The van der Waals surface area contributed by atoms with E-state index in [0.29, 0.717) is 31.3 Å². The van der Waals surface area contributed by atoms with Gasteiger partial charge < -0.3 is 19.9 Å². The van der Waals surface area contributed by atoms with Crippen molar-refractivity contribution in [1.29, 1.82) is 0 Å². The minimum Gasteiger partial charge on any atom is -0.367 e. The number of likely N-dealkylation sites (N-methyl/N-ethyl adjacent to an activating group) is 1. The minimum absolute atomic E-state index is 0.0360. The van der Waals surface area contributed by atoms with Gasteiger partial charge in [-0.15, -0.1) is 5.10 Å². The molecule has 172 valence electrons. The van der Waals surface area contributed by atoms with E-state index in [1.807, 2.05) is 24.4 Å². The molecule has 0 spiro atoms.